The molecule has 3 aromatic rings. The Hall–Kier alpha value is -2.91. The zero-order chi connectivity index (χ0) is 20.9. The van der Waals surface area contributed by atoms with Gasteiger partial charge in [0.05, 0.1) is 6.61 Å². The lowest BCUT2D eigenvalue weighted by Gasteiger charge is -2.17. The van der Waals surface area contributed by atoms with Crippen LogP contribution in [0, 0.1) is 5.92 Å². The van der Waals surface area contributed by atoms with Gasteiger partial charge in [-0.15, -0.1) is 13.2 Å². The Balaban J connectivity index is 1.41. The number of benzene rings is 2. The molecule has 2 aliphatic rings. The summed E-state index contributed by atoms with van der Waals surface area (Å²) in [5.74, 6) is 1.31. The van der Waals surface area contributed by atoms with Gasteiger partial charge in [0.15, 0.2) is 0 Å². The minimum absolute atomic E-state index is 0.0872. The number of fused-ring (bicyclic) bond motifs is 3. The lowest BCUT2D eigenvalue weighted by molar-refractivity contribution is -0.274. The number of halogens is 3. The first-order valence-corrected chi connectivity index (χ1v) is 9.62. The fraction of sp³-hybridized carbons (Fsp3) is 0.333. The zero-order valence-corrected chi connectivity index (χ0v) is 15.7. The number of aliphatic hydroxyl groups excluding tert-OH is 1. The van der Waals surface area contributed by atoms with Gasteiger partial charge in [-0.1, -0.05) is 23.4 Å². The van der Waals surface area contributed by atoms with Crippen molar-refractivity contribution in [2.75, 3.05) is 13.2 Å². The first kappa shape index (κ1) is 19.1. The number of hydrogen-bond acceptors (Lipinski definition) is 6. The van der Waals surface area contributed by atoms with Crippen molar-refractivity contribution in [2.24, 2.45) is 5.92 Å². The van der Waals surface area contributed by atoms with E-state index in [9.17, 15) is 13.2 Å². The van der Waals surface area contributed by atoms with Crippen LogP contribution in [0.4, 0.5) is 13.2 Å². The molecule has 0 spiro atoms. The number of alkyl halides is 3. The molecular formula is C21H18F3N3O3. The molecule has 3 unspecified atom stereocenters. The van der Waals surface area contributed by atoms with Gasteiger partial charge in [-0.3, -0.25) is 0 Å². The number of nitrogens with zero attached hydrogens (tertiary/aromatic N) is 2. The summed E-state index contributed by atoms with van der Waals surface area (Å²) in [4.78, 5) is 4.47. The molecule has 2 aromatic carbocycles. The number of hydrogen-bond donors (Lipinski definition) is 2. The van der Waals surface area contributed by atoms with E-state index in [1.165, 1.54) is 35.4 Å². The molecule has 0 aliphatic heterocycles. The molecule has 2 aliphatic carbocycles. The summed E-state index contributed by atoms with van der Waals surface area (Å²) in [6.07, 6.45) is -3.66. The Morgan fingerprint density at radius 2 is 1.97 bits per heavy atom. The van der Waals surface area contributed by atoms with Crippen molar-refractivity contribution in [3.8, 4) is 28.6 Å². The van der Waals surface area contributed by atoms with Crippen molar-refractivity contribution in [1.29, 1.82) is 0 Å². The number of aliphatic hydroxyl groups is 1. The molecular weight excluding hydrogens is 399 g/mol. The molecule has 1 saturated carbocycles. The molecule has 30 heavy (non-hydrogen) atoms. The number of nitrogens with one attached hydrogen (secondary N) is 1. The highest BCUT2D eigenvalue weighted by molar-refractivity contribution is 5.69. The summed E-state index contributed by atoms with van der Waals surface area (Å²) in [6.45, 7) is 0.627. The maximum atomic E-state index is 12.3. The van der Waals surface area contributed by atoms with Gasteiger partial charge in [0.25, 0.3) is 5.89 Å². The first-order valence-electron chi connectivity index (χ1n) is 9.62. The van der Waals surface area contributed by atoms with Gasteiger partial charge in [0.2, 0.25) is 5.82 Å². The van der Waals surface area contributed by atoms with Crippen LogP contribution in [0.15, 0.2) is 47.0 Å². The van der Waals surface area contributed by atoms with Crippen LogP contribution in [-0.2, 0) is 0 Å². The van der Waals surface area contributed by atoms with Crippen LogP contribution >= 0.6 is 0 Å². The minimum Gasteiger partial charge on any atom is -0.406 e. The van der Waals surface area contributed by atoms with Crippen LogP contribution in [0.1, 0.15) is 29.5 Å². The maximum Gasteiger partial charge on any atom is 0.573 e. The third kappa shape index (κ3) is 3.44. The van der Waals surface area contributed by atoms with Crippen molar-refractivity contribution in [2.45, 2.75) is 24.7 Å². The number of ether oxygens (including phenoxy) is 1. The third-order valence-corrected chi connectivity index (χ3v) is 5.59. The van der Waals surface area contributed by atoms with Crippen molar-refractivity contribution in [1.82, 2.24) is 15.5 Å². The van der Waals surface area contributed by atoms with Gasteiger partial charge in [-0.2, -0.15) is 4.98 Å². The van der Waals surface area contributed by atoms with E-state index in [4.69, 9.17) is 9.63 Å². The van der Waals surface area contributed by atoms with E-state index in [0.29, 0.717) is 29.8 Å². The lowest BCUT2D eigenvalue weighted by Crippen LogP contribution is -2.24. The largest absolute Gasteiger partial charge is 0.573 e. The molecule has 6 nitrogen and oxygen atoms in total. The second-order valence-corrected chi connectivity index (χ2v) is 7.47. The van der Waals surface area contributed by atoms with Crippen molar-refractivity contribution >= 4 is 0 Å². The zero-order valence-electron chi connectivity index (χ0n) is 15.7. The summed E-state index contributed by atoms with van der Waals surface area (Å²) in [7, 11) is 0. The average molecular weight is 417 g/mol. The van der Waals surface area contributed by atoms with E-state index in [1.807, 2.05) is 12.1 Å². The molecule has 0 amide bonds. The second kappa shape index (κ2) is 7.10. The molecule has 0 bridgehead atoms. The quantitative estimate of drug-likeness (QED) is 0.630. The Kier molecular flexibility index (Phi) is 4.52. The van der Waals surface area contributed by atoms with Crippen LogP contribution in [-0.4, -0.2) is 34.8 Å². The van der Waals surface area contributed by atoms with Crippen molar-refractivity contribution in [3.63, 3.8) is 0 Å². The Morgan fingerprint density at radius 1 is 1.17 bits per heavy atom. The summed E-state index contributed by atoms with van der Waals surface area (Å²) < 4.78 is 46.2. The summed E-state index contributed by atoms with van der Waals surface area (Å²) in [5, 5.41) is 16.6. The number of rotatable bonds is 6. The van der Waals surface area contributed by atoms with Crippen LogP contribution in [0.2, 0.25) is 0 Å². The normalized spacial score (nSPS) is 21.9. The lowest BCUT2D eigenvalue weighted by atomic mass is 9.97. The third-order valence-electron chi connectivity index (χ3n) is 5.59. The summed E-state index contributed by atoms with van der Waals surface area (Å²) in [6, 6.07) is 11.5. The predicted octanol–water partition coefficient (Wildman–Crippen LogP) is 4.04. The molecule has 3 atom stereocenters. The van der Waals surface area contributed by atoms with E-state index < -0.39 is 6.36 Å². The van der Waals surface area contributed by atoms with E-state index in [0.717, 1.165) is 12.0 Å². The summed E-state index contributed by atoms with van der Waals surface area (Å²) in [5.41, 5.74) is 3.81. The van der Waals surface area contributed by atoms with Crippen molar-refractivity contribution < 1.29 is 27.5 Å². The Bertz CT molecular complexity index is 1070. The highest BCUT2D eigenvalue weighted by Gasteiger charge is 2.52. The average Bonchev–Trinajstić information content (AvgIpc) is 3.21. The molecule has 5 rings (SSSR count). The first-order chi connectivity index (χ1) is 14.4. The van der Waals surface area contributed by atoms with Crippen LogP contribution in [0.3, 0.4) is 0 Å². The minimum atomic E-state index is -4.74. The Morgan fingerprint density at radius 3 is 2.70 bits per heavy atom. The summed E-state index contributed by atoms with van der Waals surface area (Å²) >= 11 is 0. The van der Waals surface area contributed by atoms with Crippen LogP contribution in [0.25, 0.3) is 22.8 Å². The molecule has 1 fully saturated rings. The Labute approximate surface area is 169 Å². The SMILES string of the molecule is OCCNC1c2cccc(-c3noc(-c4ccc(OC(F)(F)F)cc4)n3)c2C2CC21. The van der Waals surface area contributed by atoms with Gasteiger partial charge in [-0.05, 0) is 53.6 Å². The molecule has 156 valence electrons. The van der Waals surface area contributed by atoms with Gasteiger partial charge in [0.1, 0.15) is 5.75 Å². The van der Waals surface area contributed by atoms with Crippen LogP contribution in [0.5, 0.6) is 5.75 Å². The fourth-order valence-electron chi connectivity index (χ4n) is 4.34. The van der Waals surface area contributed by atoms with Gasteiger partial charge in [0, 0.05) is 23.7 Å². The molecule has 0 radical (unpaired) electrons. The highest BCUT2D eigenvalue weighted by Crippen LogP contribution is 2.63. The smallest absolute Gasteiger partial charge is 0.406 e. The van der Waals surface area contributed by atoms with Gasteiger partial charge < -0.3 is 19.7 Å². The molecule has 0 saturated heterocycles. The van der Waals surface area contributed by atoms with Crippen LogP contribution < -0.4 is 10.1 Å². The highest BCUT2D eigenvalue weighted by atomic mass is 19.4. The fourth-order valence-corrected chi connectivity index (χ4v) is 4.34. The topological polar surface area (TPSA) is 80.4 Å². The van der Waals surface area contributed by atoms with E-state index in [2.05, 4.69) is 26.3 Å². The predicted molar refractivity (Wildman–Crippen MR) is 101 cm³/mol. The standard InChI is InChI=1S/C21H18F3N3O3/c22-21(23,24)29-12-6-4-11(5-7-12)20-26-19(27-30-20)14-3-1-2-13-17(14)15-10-16(15)18(13)25-8-9-28/h1-7,15-16,18,25,28H,8-10H2. The second-order valence-electron chi connectivity index (χ2n) is 7.47. The van der Waals surface area contributed by atoms with E-state index >= 15 is 0 Å². The molecule has 1 heterocycles. The molecule has 1 aromatic heterocycles. The number of aromatic nitrogens is 2. The maximum absolute atomic E-state index is 12.3. The van der Waals surface area contributed by atoms with Crippen molar-refractivity contribution in [3.05, 3.63) is 53.6 Å². The van der Waals surface area contributed by atoms with E-state index in [-0.39, 0.29) is 24.3 Å². The molecule has 2 N–H and O–H groups in total. The molecule has 9 heteroatoms. The van der Waals surface area contributed by atoms with Gasteiger partial charge >= 0.3 is 6.36 Å². The monoisotopic (exact) mass is 417 g/mol. The van der Waals surface area contributed by atoms with E-state index in [1.54, 1.807) is 0 Å². The van der Waals surface area contributed by atoms with Gasteiger partial charge in [-0.25, -0.2) is 0 Å².